The van der Waals surface area contributed by atoms with E-state index in [-0.39, 0.29) is 22.0 Å². The van der Waals surface area contributed by atoms with Crippen LogP contribution in [0.4, 0.5) is 5.69 Å². The monoisotopic (exact) mass is 330 g/mol. The lowest BCUT2D eigenvalue weighted by Crippen LogP contribution is -2.31. The Bertz CT molecular complexity index is 479. The molecule has 1 aromatic rings. The van der Waals surface area contributed by atoms with E-state index in [1.807, 2.05) is 0 Å². The molecule has 0 radical (unpaired) electrons. The van der Waals surface area contributed by atoms with Crippen molar-refractivity contribution in [3.05, 3.63) is 39.4 Å². The number of non-ortho nitro benzene ring substituents is 1. The number of carbonyl (C=O) groups is 1. The van der Waals surface area contributed by atoms with Gasteiger partial charge in [-0.1, -0.05) is 15.9 Å². The number of benzene rings is 1. The summed E-state index contributed by atoms with van der Waals surface area (Å²) in [5, 5.41) is 13.4. The largest absolute Gasteiger partial charge is 0.383 e. The Balaban J connectivity index is 2.74. The number of amides is 1. The number of carbonyl (C=O) groups excluding carboxylic acids is 1. The molecule has 7 heteroatoms. The molecule has 1 atom stereocenters. The predicted octanol–water partition coefficient (Wildman–Crippen LogP) is 2.04. The molecule has 1 aromatic carbocycles. The van der Waals surface area contributed by atoms with Gasteiger partial charge in [0.05, 0.1) is 16.4 Å². The number of nitrogens with one attached hydrogen (secondary N) is 1. The SMILES string of the molecule is COCC(Br)CNC(=O)c1cc(C)cc([N+](=O)[O-])c1. The van der Waals surface area contributed by atoms with Crippen molar-refractivity contribution in [1.29, 1.82) is 0 Å². The predicted molar refractivity (Wildman–Crippen MR) is 74.8 cm³/mol. The van der Waals surface area contributed by atoms with Crippen LogP contribution in [0.3, 0.4) is 0 Å². The zero-order valence-electron chi connectivity index (χ0n) is 10.7. The molecule has 0 aliphatic heterocycles. The Kier molecular flexibility index (Phi) is 5.91. The van der Waals surface area contributed by atoms with Gasteiger partial charge in [-0.2, -0.15) is 0 Å². The maximum atomic E-state index is 11.9. The summed E-state index contributed by atoms with van der Waals surface area (Å²) in [7, 11) is 1.57. The number of hydrogen-bond donors (Lipinski definition) is 1. The van der Waals surface area contributed by atoms with E-state index in [9.17, 15) is 14.9 Å². The van der Waals surface area contributed by atoms with Crippen LogP contribution in [0.2, 0.25) is 0 Å². The second-order valence-electron chi connectivity index (χ2n) is 4.08. The summed E-state index contributed by atoms with van der Waals surface area (Å²) in [5.74, 6) is -0.340. The summed E-state index contributed by atoms with van der Waals surface area (Å²) in [6.07, 6.45) is 0. The van der Waals surface area contributed by atoms with Crippen LogP contribution in [0, 0.1) is 17.0 Å². The number of ether oxygens (including phenoxy) is 1. The molecule has 0 aliphatic rings. The van der Waals surface area contributed by atoms with Crippen molar-refractivity contribution in [3.8, 4) is 0 Å². The first-order chi connectivity index (χ1) is 8.93. The summed E-state index contributed by atoms with van der Waals surface area (Å²) in [6, 6.07) is 4.30. The smallest absolute Gasteiger partial charge is 0.270 e. The number of hydrogen-bond acceptors (Lipinski definition) is 4. The van der Waals surface area contributed by atoms with Gasteiger partial charge in [-0.3, -0.25) is 14.9 Å². The first-order valence-electron chi connectivity index (χ1n) is 5.61. The van der Waals surface area contributed by atoms with Gasteiger partial charge in [-0.25, -0.2) is 0 Å². The van der Waals surface area contributed by atoms with Crippen molar-refractivity contribution in [3.63, 3.8) is 0 Å². The molecule has 0 aliphatic carbocycles. The maximum absolute atomic E-state index is 11.9. The van der Waals surface area contributed by atoms with Crippen LogP contribution in [-0.4, -0.2) is 35.9 Å². The highest BCUT2D eigenvalue weighted by molar-refractivity contribution is 9.09. The van der Waals surface area contributed by atoms with Gasteiger partial charge >= 0.3 is 0 Å². The normalized spacial score (nSPS) is 11.9. The second kappa shape index (κ2) is 7.20. The topological polar surface area (TPSA) is 81.5 Å². The lowest BCUT2D eigenvalue weighted by molar-refractivity contribution is -0.384. The van der Waals surface area contributed by atoms with Crippen LogP contribution < -0.4 is 5.32 Å². The first-order valence-corrected chi connectivity index (χ1v) is 6.53. The lowest BCUT2D eigenvalue weighted by Gasteiger charge is -2.10. The van der Waals surface area contributed by atoms with E-state index in [2.05, 4.69) is 21.2 Å². The molecule has 1 rings (SSSR count). The maximum Gasteiger partial charge on any atom is 0.270 e. The minimum Gasteiger partial charge on any atom is -0.383 e. The Morgan fingerprint density at radius 1 is 1.53 bits per heavy atom. The Morgan fingerprint density at radius 2 is 2.21 bits per heavy atom. The molecule has 0 saturated heterocycles. The third kappa shape index (κ3) is 4.96. The van der Waals surface area contributed by atoms with Gasteiger partial charge in [0.15, 0.2) is 0 Å². The van der Waals surface area contributed by atoms with E-state index >= 15 is 0 Å². The summed E-state index contributed by atoms with van der Waals surface area (Å²) >= 11 is 3.34. The number of aryl methyl sites for hydroxylation is 1. The van der Waals surface area contributed by atoms with E-state index < -0.39 is 4.92 Å². The zero-order chi connectivity index (χ0) is 14.4. The van der Waals surface area contributed by atoms with Crippen LogP contribution in [0.15, 0.2) is 18.2 Å². The second-order valence-corrected chi connectivity index (χ2v) is 5.37. The summed E-state index contributed by atoms with van der Waals surface area (Å²) in [6.45, 7) is 2.56. The highest BCUT2D eigenvalue weighted by Crippen LogP contribution is 2.16. The molecule has 104 valence electrons. The van der Waals surface area contributed by atoms with E-state index in [1.165, 1.54) is 12.1 Å². The van der Waals surface area contributed by atoms with Crippen LogP contribution in [-0.2, 0) is 4.74 Å². The number of alkyl halides is 1. The zero-order valence-corrected chi connectivity index (χ0v) is 12.3. The van der Waals surface area contributed by atoms with E-state index in [1.54, 1.807) is 20.1 Å². The first kappa shape index (κ1) is 15.6. The Hall–Kier alpha value is -1.47. The minimum atomic E-state index is -0.512. The third-order valence-corrected chi connectivity index (χ3v) is 2.95. The van der Waals surface area contributed by atoms with Crippen molar-refractivity contribution >= 4 is 27.5 Å². The Labute approximate surface area is 119 Å². The van der Waals surface area contributed by atoms with Crippen molar-refractivity contribution in [2.75, 3.05) is 20.3 Å². The van der Waals surface area contributed by atoms with Crippen LogP contribution >= 0.6 is 15.9 Å². The molecule has 6 nitrogen and oxygen atoms in total. The highest BCUT2D eigenvalue weighted by Gasteiger charge is 2.14. The molecule has 1 amide bonds. The highest BCUT2D eigenvalue weighted by atomic mass is 79.9. The Morgan fingerprint density at radius 3 is 2.79 bits per heavy atom. The van der Waals surface area contributed by atoms with Gasteiger partial charge in [-0.15, -0.1) is 0 Å². The molecule has 0 heterocycles. The molecule has 1 unspecified atom stereocenters. The fraction of sp³-hybridized carbons (Fsp3) is 0.417. The fourth-order valence-electron chi connectivity index (χ4n) is 1.54. The number of nitro benzene ring substituents is 1. The van der Waals surface area contributed by atoms with Crippen molar-refractivity contribution in [2.24, 2.45) is 0 Å². The van der Waals surface area contributed by atoms with Crippen LogP contribution in [0.1, 0.15) is 15.9 Å². The molecular formula is C12H15BrN2O4. The fourth-order valence-corrected chi connectivity index (χ4v) is 1.97. The van der Waals surface area contributed by atoms with Gasteiger partial charge in [-0.05, 0) is 18.6 Å². The molecule has 0 aromatic heterocycles. The van der Waals surface area contributed by atoms with Crippen molar-refractivity contribution in [1.82, 2.24) is 5.32 Å². The molecule has 0 fully saturated rings. The van der Waals surface area contributed by atoms with E-state index in [4.69, 9.17) is 4.74 Å². The summed E-state index contributed by atoms with van der Waals surface area (Å²) < 4.78 is 4.92. The summed E-state index contributed by atoms with van der Waals surface area (Å²) in [4.78, 5) is 22.1. The van der Waals surface area contributed by atoms with E-state index in [0.29, 0.717) is 18.7 Å². The number of rotatable bonds is 6. The number of nitrogens with zero attached hydrogens (tertiary/aromatic N) is 1. The third-order valence-electron chi connectivity index (χ3n) is 2.37. The lowest BCUT2D eigenvalue weighted by atomic mass is 10.1. The van der Waals surface area contributed by atoms with Gasteiger partial charge in [0.2, 0.25) is 0 Å². The molecule has 0 bridgehead atoms. The van der Waals surface area contributed by atoms with Gasteiger partial charge < -0.3 is 10.1 Å². The van der Waals surface area contributed by atoms with Gasteiger partial charge in [0.25, 0.3) is 11.6 Å². The average molecular weight is 331 g/mol. The van der Waals surface area contributed by atoms with Gasteiger partial charge in [0.1, 0.15) is 0 Å². The quantitative estimate of drug-likeness (QED) is 0.491. The standard InChI is InChI=1S/C12H15BrN2O4/c1-8-3-9(5-11(4-8)15(17)18)12(16)14-6-10(13)7-19-2/h3-5,10H,6-7H2,1-2H3,(H,14,16). The summed E-state index contributed by atoms with van der Waals surface area (Å²) in [5.41, 5.74) is 0.868. The van der Waals surface area contributed by atoms with Crippen molar-refractivity contribution < 1.29 is 14.5 Å². The molecular weight excluding hydrogens is 316 g/mol. The van der Waals surface area contributed by atoms with Crippen molar-refractivity contribution in [2.45, 2.75) is 11.8 Å². The van der Waals surface area contributed by atoms with Crippen LogP contribution in [0.25, 0.3) is 0 Å². The number of halogens is 1. The molecule has 19 heavy (non-hydrogen) atoms. The molecule has 0 saturated carbocycles. The van der Waals surface area contributed by atoms with Crippen LogP contribution in [0.5, 0.6) is 0 Å². The molecule has 1 N–H and O–H groups in total. The average Bonchev–Trinajstić information content (AvgIpc) is 2.35. The molecule has 0 spiro atoms. The van der Waals surface area contributed by atoms with E-state index in [0.717, 1.165) is 0 Å². The number of methoxy groups -OCH3 is 1. The minimum absolute atomic E-state index is 0.00115. The van der Waals surface area contributed by atoms with Gasteiger partial charge in [0, 0.05) is 31.4 Å². The number of nitro groups is 1.